The lowest BCUT2D eigenvalue weighted by Crippen LogP contribution is -2.39. The van der Waals surface area contributed by atoms with Gasteiger partial charge in [0.15, 0.2) is 0 Å². The highest BCUT2D eigenvalue weighted by molar-refractivity contribution is 5.10. The Hall–Kier alpha value is -1.04. The van der Waals surface area contributed by atoms with E-state index in [1.165, 1.54) is 12.3 Å². The molecule has 3 N–H and O–H groups in total. The highest BCUT2D eigenvalue weighted by atomic mass is 19.1. The Balaban J connectivity index is 1.85. The van der Waals surface area contributed by atoms with Crippen molar-refractivity contribution in [3.8, 4) is 0 Å². The average Bonchev–Trinajstić information content (AvgIpc) is 2.48. The van der Waals surface area contributed by atoms with Gasteiger partial charge in [-0.15, -0.1) is 0 Å². The quantitative estimate of drug-likeness (QED) is 0.860. The summed E-state index contributed by atoms with van der Waals surface area (Å²) in [5.74, 6) is 0.382. The Kier molecular flexibility index (Phi) is 5.46. The first-order chi connectivity index (χ1) is 9.60. The van der Waals surface area contributed by atoms with E-state index in [-0.39, 0.29) is 17.8 Å². The summed E-state index contributed by atoms with van der Waals surface area (Å²) in [6, 6.07) is 2.89. The van der Waals surface area contributed by atoms with E-state index in [4.69, 9.17) is 10.8 Å². The second-order valence-corrected chi connectivity index (χ2v) is 5.83. The molecule has 0 radical (unpaired) electrons. The monoisotopic (exact) mass is 281 g/mol. The normalized spacial score (nSPS) is 20.8. The Bertz CT molecular complexity index is 404. The molecule has 0 aromatic carbocycles. The second kappa shape index (κ2) is 7.11. The van der Waals surface area contributed by atoms with Crippen molar-refractivity contribution in [3.63, 3.8) is 0 Å². The first kappa shape index (κ1) is 15.4. The van der Waals surface area contributed by atoms with Gasteiger partial charge in [-0.05, 0) is 49.9 Å². The van der Waals surface area contributed by atoms with Gasteiger partial charge in [0.25, 0.3) is 0 Å². The first-order valence-corrected chi connectivity index (χ1v) is 7.30. The SMILES string of the molecule is CC(CN1CCC(CO)CC1)C(N)c1ccc(F)cn1. The minimum Gasteiger partial charge on any atom is -0.396 e. The van der Waals surface area contributed by atoms with Crippen LogP contribution in [-0.4, -0.2) is 41.2 Å². The van der Waals surface area contributed by atoms with E-state index in [1.54, 1.807) is 6.07 Å². The van der Waals surface area contributed by atoms with Crippen LogP contribution in [0.25, 0.3) is 0 Å². The summed E-state index contributed by atoms with van der Waals surface area (Å²) in [4.78, 5) is 6.46. The zero-order valence-electron chi connectivity index (χ0n) is 12.0. The molecule has 4 nitrogen and oxygen atoms in total. The van der Waals surface area contributed by atoms with Crippen LogP contribution >= 0.6 is 0 Å². The van der Waals surface area contributed by atoms with Crippen molar-refractivity contribution in [2.45, 2.75) is 25.8 Å². The number of nitrogens with zero attached hydrogens (tertiary/aromatic N) is 2. The third-order valence-electron chi connectivity index (χ3n) is 4.22. The van der Waals surface area contributed by atoms with E-state index in [0.717, 1.165) is 38.2 Å². The van der Waals surface area contributed by atoms with Gasteiger partial charge < -0.3 is 15.7 Å². The summed E-state index contributed by atoms with van der Waals surface area (Å²) in [6.45, 7) is 5.34. The summed E-state index contributed by atoms with van der Waals surface area (Å²) in [6.07, 6.45) is 3.31. The van der Waals surface area contributed by atoms with Crippen LogP contribution < -0.4 is 5.73 Å². The van der Waals surface area contributed by atoms with Crippen molar-refractivity contribution in [2.75, 3.05) is 26.2 Å². The maximum Gasteiger partial charge on any atom is 0.141 e. The van der Waals surface area contributed by atoms with Gasteiger partial charge in [-0.1, -0.05) is 6.92 Å². The molecule has 1 aromatic rings. The second-order valence-electron chi connectivity index (χ2n) is 5.83. The molecule has 1 aliphatic rings. The lowest BCUT2D eigenvalue weighted by atomic mass is 9.94. The van der Waals surface area contributed by atoms with Crippen molar-refractivity contribution >= 4 is 0 Å². The zero-order valence-corrected chi connectivity index (χ0v) is 12.0. The number of aliphatic hydroxyl groups excluding tert-OH is 1. The lowest BCUT2D eigenvalue weighted by molar-refractivity contribution is 0.117. The van der Waals surface area contributed by atoms with Crippen molar-refractivity contribution in [2.24, 2.45) is 17.6 Å². The average molecular weight is 281 g/mol. The van der Waals surface area contributed by atoms with E-state index < -0.39 is 0 Å². The van der Waals surface area contributed by atoms with Gasteiger partial charge in [-0.2, -0.15) is 0 Å². The summed E-state index contributed by atoms with van der Waals surface area (Å²) in [5, 5.41) is 9.14. The third kappa shape index (κ3) is 3.98. The third-order valence-corrected chi connectivity index (χ3v) is 4.22. The predicted molar refractivity (Wildman–Crippen MR) is 76.5 cm³/mol. The van der Waals surface area contributed by atoms with Crippen LogP contribution in [0.15, 0.2) is 18.3 Å². The Morgan fingerprint density at radius 1 is 1.45 bits per heavy atom. The topological polar surface area (TPSA) is 62.4 Å². The number of piperidine rings is 1. The summed E-state index contributed by atoms with van der Waals surface area (Å²) in [7, 11) is 0. The van der Waals surface area contributed by atoms with Gasteiger partial charge >= 0.3 is 0 Å². The first-order valence-electron chi connectivity index (χ1n) is 7.30. The Morgan fingerprint density at radius 2 is 2.15 bits per heavy atom. The van der Waals surface area contributed by atoms with Gasteiger partial charge in [-0.3, -0.25) is 4.98 Å². The fourth-order valence-corrected chi connectivity index (χ4v) is 2.75. The molecule has 2 rings (SSSR count). The molecule has 1 aliphatic heterocycles. The molecule has 5 heteroatoms. The summed E-state index contributed by atoms with van der Waals surface area (Å²) in [5.41, 5.74) is 6.95. The van der Waals surface area contributed by atoms with E-state index >= 15 is 0 Å². The molecule has 0 spiro atoms. The smallest absolute Gasteiger partial charge is 0.141 e. The molecule has 20 heavy (non-hydrogen) atoms. The fraction of sp³-hybridized carbons (Fsp3) is 0.667. The minimum atomic E-state index is -0.334. The van der Waals surface area contributed by atoms with E-state index in [0.29, 0.717) is 12.5 Å². The Labute approximate surface area is 119 Å². The van der Waals surface area contributed by atoms with Crippen LogP contribution in [0.5, 0.6) is 0 Å². The van der Waals surface area contributed by atoms with Gasteiger partial charge in [-0.25, -0.2) is 4.39 Å². The summed E-state index contributed by atoms with van der Waals surface area (Å²) < 4.78 is 12.9. The molecule has 0 bridgehead atoms. The molecule has 0 saturated carbocycles. The van der Waals surface area contributed by atoms with E-state index in [1.807, 2.05) is 0 Å². The molecule has 112 valence electrons. The van der Waals surface area contributed by atoms with E-state index in [2.05, 4.69) is 16.8 Å². The maximum atomic E-state index is 12.9. The number of aromatic nitrogens is 1. The lowest BCUT2D eigenvalue weighted by Gasteiger charge is -2.34. The van der Waals surface area contributed by atoms with Crippen LogP contribution in [0.2, 0.25) is 0 Å². The molecule has 0 aliphatic carbocycles. The van der Waals surface area contributed by atoms with Crippen LogP contribution in [0.1, 0.15) is 31.5 Å². The largest absolute Gasteiger partial charge is 0.396 e. The van der Waals surface area contributed by atoms with Crippen LogP contribution in [0.4, 0.5) is 4.39 Å². The molecule has 1 aromatic heterocycles. The molecule has 1 fully saturated rings. The number of halogens is 1. The van der Waals surface area contributed by atoms with E-state index in [9.17, 15) is 4.39 Å². The molecule has 2 heterocycles. The molecule has 2 atom stereocenters. The highest BCUT2D eigenvalue weighted by Crippen LogP contribution is 2.22. The van der Waals surface area contributed by atoms with Crippen LogP contribution in [0, 0.1) is 17.7 Å². The number of nitrogens with two attached hydrogens (primary N) is 1. The van der Waals surface area contributed by atoms with Crippen molar-refractivity contribution in [1.82, 2.24) is 9.88 Å². The molecular weight excluding hydrogens is 257 g/mol. The fourth-order valence-electron chi connectivity index (χ4n) is 2.75. The van der Waals surface area contributed by atoms with Gasteiger partial charge in [0, 0.05) is 13.2 Å². The van der Waals surface area contributed by atoms with Crippen molar-refractivity contribution in [3.05, 3.63) is 29.8 Å². The molecule has 0 amide bonds. The highest BCUT2D eigenvalue weighted by Gasteiger charge is 2.23. The summed E-state index contributed by atoms with van der Waals surface area (Å²) >= 11 is 0. The number of likely N-dealkylation sites (tertiary alicyclic amines) is 1. The number of rotatable bonds is 5. The number of aliphatic hydroxyl groups is 1. The van der Waals surface area contributed by atoms with Crippen molar-refractivity contribution < 1.29 is 9.50 Å². The molecule has 2 unspecified atom stereocenters. The van der Waals surface area contributed by atoms with Crippen LogP contribution in [-0.2, 0) is 0 Å². The zero-order chi connectivity index (χ0) is 14.5. The maximum absolute atomic E-state index is 12.9. The molecule has 1 saturated heterocycles. The number of hydrogen-bond acceptors (Lipinski definition) is 4. The van der Waals surface area contributed by atoms with Gasteiger partial charge in [0.1, 0.15) is 5.82 Å². The predicted octanol–water partition coefficient (Wildman–Crippen LogP) is 1.56. The van der Waals surface area contributed by atoms with Crippen molar-refractivity contribution in [1.29, 1.82) is 0 Å². The minimum absolute atomic E-state index is 0.175. The number of pyridine rings is 1. The standard InChI is InChI=1S/C15H24FN3O/c1-11(9-19-6-4-12(10-20)5-7-19)15(17)14-3-2-13(16)8-18-14/h2-3,8,11-12,15,20H,4-7,9-10,17H2,1H3. The number of hydrogen-bond donors (Lipinski definition) is 2. The Morgan fingerprint density at radius 3 is 2.70 bits per heavy atom. The molecular formula is C15H24FN3O. The van der Waals surface area contributed by atoms with Gasteiger partial charge in [0.2, 0.25) is 0 Å². The van der Waals surface area contributed by atoms with Crippen LogP contribution in [0.3, 0.4) is 0 Å². The van der Waals surface area contributed by atoms with Gasteiger partial charge in [0.05, 0.1) is 17.9 Å².